The van der Waals surface area contributed by atoms with Crippen LogP contribution >= 0.6 is 15.9 Å². The summed E-state index contributed by atoms with van der Waals surface area (Å²) < 4.78 is 27.5. The second kappa shape index (κ2) is 6.95. The van der Waals surface area contributed by atoms with Gasteiger partial charge in [-0.25, -0.2) is 8.78 Å². The van der Waals surface area contributed by atoms with Crippen LogP contribution in [0.1, 0.15) is 23.2 Å². The number of amides is 1. The average molecular weight is 345 g/mol. The zero-order valence-electron chi connectivity index (χ0n) is 10.8. The van der Waals surface area contributed by atoms with Gasteiger partial charge in [0.05, 0.1) is 0 Å². The lowest BCUT2D eigenvalue weighted by molar-refractivity contribution is 0.0945. The minimum atomic E-state index is -0.865. The Morgan fingerprint density at radius 1 is 1.35 bits per heavy atom. The summed E-state index contributed by atoms with van der Waals surface area (Å²) in [5.74, 6) is -2.45. The summed E-state index contributed by atoms with van der Waals surface area (Å²) >= 11 is 2.98. The first-order valence-electron chi connectivity index (χ1n) is 6.39. The fourth-order valence-electron chi connectivity index (χ4n) is 2.08. The number of rotatable bonds is 4. The molecular formula is C14H15BrF2N2O. The third-order valence-corrected chi connectivity index (χ3v) is 3.58. The highest BCUT2D eigenvalue weighted by atomic mass is 79.9. The largest absolute Gasteiger partial charge is 0.352 e. The SMILES string of the molecule is O=C(NCCC1=CCNCC1)c1c(F)cc(Br)cc1F. The topological polar surface area (TPSA) is 41.1 Å². The summed E-state index contributed by atoms with van der Waals surface area (Å²) in [6, 6.07) is 2.15. The first kappa shape index (κ1) is 15.1. The molecule has 6 heteroatoms. The molecule has 1 heterocycles. The number of carbonyl (C=O) groups is 1. The molecule has 0 saturated carbocycles. The summed E-state index contributed by atoms with van der Waals surface area (Å²) in [6.07, 6.45) is 3.72. The van der Waals surface area contributed by atoms with Gasteiger partial charge in [0.25, 0.3) is 5.91 Å². The fraction of sp³-hybridized carbons (Fsp3) is 0.357. The Morgan fingerprint density at radius 2 is 2.05 bits per heavy atom. The first-order valence-corrected chi connectivity index (χ1v) is 7.18. The molecule has 1 aliphatic heterocycles. The van der Waals surface area contributed by atoms with Crippen LogP contribution in [0.2, 0.25) is 0 Å². The van der Waals surface area contributed by atoms with Crippen molar-refractivity contribution in [2.75, 3.05) is 19.6 Å². The van der Waals surface area contributed by atoms with Crippen LogP contribution in [0.4, 0.5) is 8.78 Å². The molecule has 1 aromatic rings. The highest BCUT2D eigenvalue weighted by Gasteiger charge is 2.18. The Balaban J connectivity index is 1.93. The van der Waals surface area contributed by atoms with Crippen molar-refractivity contribution in [2.24, 2.45) is 0 Å². The summed E-state index contributed by atoms with van der Waals surface area (Å²) in [6.45, 7) is 2.13. The molecule has 1 aliphatic rings. The lowest BCUT2D eigenvalue weighted by Crippen LogP contribution is -2.28. The van der Waals surface area contributed by atoms with E-state index in [1.165, 1.54) is 5.57 Å². The second-order valence-corrected chi connectivity index (χ2v) is 5.48. The van der Waals surface area contributed by atoms with Gasteiger partial charge in [-0.2, -0.15) is 0 Å². The zero-order chi connectivity index (χ0) is 14.5. The van der Waals surface area contributed by atoms with E-state index in [1.807, 2.05) is 0 Å². The van der Waals surface area contributed by atoms with Gasteiger partial charge in [0.1, 0.15) is 17.2 Å². The third-order valence-electron chi connectivity index (χ3n) is 3.12. The monoisotopic (exact) mass is 344 g/mol. The van der Waals surface area contributed by atoms with Gasteiger partial charge in [0.2, 0.25) is 0 Å². The molecule has 1 amide bonds. The minimum absolute atomic E-state index is 0.268. The third kappa shape index (κ3) is 3.86. The summed E-state index contributed by atoms with van der Waals surface area (Å²) in [5, 5.41) is 5.74. The van der Waals surface area contributed by atoms with E-state index in [1.54, 1.807) is 0 Å². The van der Waals surface area contributed by atoms with Crippen molar-refractivity contribution < 1.29 is 13.6 Å². The Morgan fingerprint density at radius 3 is 2.65 bits per heavy atom. The summed E-state index contributed by atoms with van der Waals surface area (Å²) in [4.78, 5) is 11.8. The predicted octanol–water partition coefficient (Wildman–Crippen LogP) is 2.77. The van der Waals surface area contributed by atoms with Crippen molar-refractivity contribution >= 4 is 21.8 Å². The van der Waals surface area contributed by atoms with Crippen LogP contribution in [0.5, 0.6) is 0 Å². The van der Waals surface area contributed by atoms with E-state index >= 15 is 0 Å². The van der Waals surface area contributed by atoms with Crippen LogP contribution in [-0.2, 0) is 0 Å². The standard InChI is InChI=1S/C14H15BrF2N2O/c15-10-7-11(16)13(12(17)8-10)14(20)19-6-3-9-1-4-18-5-2-9/h1,7-8,18H,2-6H2,(H,19,20). The Bertz CT molecular complexity index is 523. The van der Waals surface area contributed by atoms with Gasteiger partial charge in [-0.15, -0.1) is 0 Å². The first-order chi connectivity index (χ1) is 9.58. The highest BCUT2D eigenvalue weighted by molar-refractivity contribution is 9.10. The van der Waals surface area contributed by atoms with Crippen LogP contribution in [0, 0.1) is 11.6 Å². The molecule has 0 saturated heterocycles. The molecule has 0 aliphatic carbocycles. The molecule has 108 valence electrons. The van der Waals surface area contributed by atoms with Crippen molar-refractivity contribution in [2.45, 2.75) is 12.8 Å². The van der Waals surface area contributed by atoms with E-state index < -0.39 is 23.1 Å². The van der Waals surface area contributed by atoms with Crippen molar-refractivity contribution in [3.63, 3.8) is 0 Å². The molecule has 2 N–H and O–H groups in total. The predicted molar refractivity (Wildman–Crippen MR) is 76.6 cm³/mol. The fourth-order valence-corrected chi connectivity index (χ4v) is 2.48. The number of carbonyl (C=O) groups excluding carboxylic acids is 1. The van der Waals surface area contributed by atoms with Crippen LogP contribution in [0.25, 0.3) is 0 Å². The molecule has 0 fully saturated rings. The minimum Gasteiger partial charge on any atom is -0.352 e. The van der Waals surface area contributed by atoms with E-state index in [4.69, 9.17) is 0 Å². The molecule has 3 nitrogen and oxygen atoms in total. The normalized spacial score (nSPS) is 14.8. The van der Waals surface area contributed by atoms with Gasteiger partial charge in [-0.1, -0.05) is 27.6 Å². The zero-order valence-corrected chi connectivity index (χ0v) is 12.4. The van der Waals surface area contributed by atoms with Crippen molar-refractivity contribution in [3.8, 4) is 0 Å². The summed E-state index contributed by atoms with van der Waals surface area (Å²) in [7, 11) is 0. The molecule has 0 unspecified atom stereocenters. The van der Waals surface area contributed by atoms with Crippen LogP contribution < -0.4 is 10.6 Å². The van der Waals surface area contributed by atoms with Crippen LogP contribution in [-0.4, -0.2) is 25.5 Å². The lowest BCUT2D eigenvalue weighted by Gasteiger charge is -2.14. The maximum Gasteiger partial charge on any atom is 0.257 e. The second-order valence-electron chi connectivity index (χ2n) is 4.57. The number of hydrogen-bond donors (Lipinski definition) is 2. The molecule has 0 atom stereocenters. The van der Waals surface area contributed by atoms with Gasteiger partial charge in [-0.3, -0.25) is 4.79 Å². The molecule has 2 rings (SSSR count). The molecular weight excluding hydrogens is 330 g/mol. The van der Waals surface area contributed by atoms with Crippen LogP contribution in [0.15, 0.2) is 28.3 Å². The van der Waals surface area contributed by atoms with Gasteiger partial charge >= 0.3 is 0 Å². The van der Waals surface area contributed by atoms with Gasteiger partial charge < -0.3 is 10.6 Å². The Hall–Kier alpha value is -1.27. The summed E-state index contributed by atoms with van der Waals surface area (Å²) in [5.41, 5.74) is 0.716. The van der Waals surface area contributed by atoms with Gasteiger partial charge in [0.15, 0.2) is 0 Å². The number of halogens is 3. The lowest BCUT2D eigenvalue weighted by atomic mass is 10.1. The van der Waals surface area contributed by atoms with Crippen LogP contribution in [0.3, 0.4) is 0 Å². The van der Waals surface area contributed by atoms with Gasteiger partial charge in [0, 0.05) is 17.6 Å². The molecule has 0 bridgehead atoms. The molecule has 20 heavy (non-hydrogen) atoms. The number of benzene rings is 1. The maximum absolute atomic E-state index is 13.6. The highest BCUT2D eigenvalue weighted by Crippen LogP contribution is 2.19. The van der Waals surface area contributed by atoms with Crippen molar-refractivity contribution in [1.82, 2.24) is 10.6 Å². The van der Waals surface area contributed by atoms with E-state index in [9.17, 15) is 13.6 Å². The molecule has 0 spiro atoms. The average Bonchev–Trinajstić information content (AvgIpc) is 2.38. The van der Waals surface area contributed by atoms with E-state index in [0.717, 1.165) is 31.6 Å². The van der Waals surface area contributed by atoms with E-state index in [2.05, 4.69) is 32.6 Å². The number of hydrogen-bond acceptors (Lipinski definition) is 2. The quantitative estimate of drug-likeness (QED) is 0.824. The van der Waals surface area contributed by atoms with Gasteiger partial charge in [-0.05, 0) is 31.5 Å². The Kier molecular flexibility index (Phi) is 5.25. The van der Waals surface area contributed by atoms with Crippen molar-refractivity contribution in [3.05, 3.63) is 45.5 Å². The van der Waals surface area contributed by atoms with E-state index in [-0.39, 0.29) is 4.47 Å². The molecule has 0 radical (unpaired) electrons. The Labute approximate surface area is 124 Å². The maximum atomic E-state index is 13.6. The smallest absolute Gasteiger partial charge is 0.257 e. The number of nitrogens with one attached hydrogen (secondary N) is 2. The molecule has 1 aromatic carbocycles. The van der Waals surface area contributed by atoms with Crippen molar-refractivity contribution in [1.29, 1.82) is 0 Å². The van der Waals surface area contributed by atoms with E-state index in [0.29, 0.717) is 13.0 Å². The molecule has 0 aromatic heterocycles.